The highest BCUT2D eigenvalue weighted by atomic mass is 15.3. The third-order valence-corrected chi connectivity index (χ3v) is 6.21. The molecule has 1 unspecified atom stereocenters. The van der Waals surface area contributed by atoms with Gasteiger partial charge in [-0.3, -0.25) is 0 Å². The van der Waals surface area contributed by atoms with Crippen LogP contribution in [0.5, 0.6) is 0 Å². The van der Waals surface area contributed by atoms with Gasteiger partial charge < -0.3 is 9.47 Å². The van der Waals surface area contributed by atoms with Crippen LogP contribution >= 0.6 is 0 Å². The summed E-state index contributed by atoms with van der Waals surface area (Å²) in [5, 5.41) is 0. The highest BCUT2D eigenvalue weighted by molar-refractivity contribution is 5.50. The number of aromatic nitrogens is 1. The molecule has 0 radical (unpaired) electrons. The van der Waals surface area contributed by atoms with Gasteiger partial charge in [0.05, 0.1) is 0 Å². The van der Waals surface area contributed by atoms with Gasteiger partial charge in [-0.2, -0.15) is 0 Å². The summed E-state index contributed by atoms with van der Waals surface area (Å²) in [4.78, 5) is 2.78. The Kier molecular flexibility index (Phi) is 1.72. The minimum absolute atomic E-state index is 0.505. The van der Waals surface area contributed by atoms with Gasteiger partial charge in [-0.05, 0) is 63.0 Å². The van der Waals surface area contributed by atoms with E-state index in [-0.39, 0.29) is 0 Å². The smallest absolute Gasteiger partial charge is 0.108 e. The normalized spacial score (nSPS) is 43.4. The second-order valence-corrected chi connectivity index (χ2v) is 6.61. The number of anilines is 1. The Balaban J connectivity index is 1.85. The van der Waals surface area contributed by atoms with Gasteiger partial charge in [0.25, 0.3) is 0 Å². The summed E-state index contributed by atoms with van der Waals surface area (Å²) < 4.78 is 2.30. The van der Waals surface area contributed by atoms with E-state index in [9.17, 15) is 0 Å². The van der Waals surface area contributed by atoms with Gasteiger partial charge in [0, 0.05) is 24.8 Å². The summed E-state index contributed by atoms with van der Waals surface area (Å²) in [6.07, 6.45) is 10.9. The van der Waals surface area contributed by atoms with Crippen LogP contribution in [0, 0.1) is 5.41 Å². The summed E-state index contributed by atoms with van der Waals surface area (Å²) in [7, 11) is 2.19. The molecule has 17 heavy (non-hydrogen) atoms. The Bertz CT molecular complexity index is 435. The maximum absolute atomic E-state index is 2.78. The summed E-state index contributed by atoms with van der Waals surface area (Å²) in [6.45, 7) is 2.47. The fourth-order valence-electron chi connectivity index (χ4n) is 5.01. The van der Waals surface area contributed by atoms with E-state index >= 15 is 0 Å². The van der Waals surface area contributed by atoms with Crippen LogP contribution < -0.4 is 4.90 Å². The Morgan fingerprint density at radius 3 is 2.24 bits per heavy atom. The van der Waals surface area contributed by atoms with Crippen LogP contribution in [-0.4, -0.2) is 16.1 Å². The van der Waals surface area contributed by atoms with E-state index in [0.29, 0.717) is 11.0 Å². The van der Waals surface area contributed by atoms with Crippen LogP contribution in [0.3, 0.4) is 0 Å². The van der Waals surface area contributed by atoms with Crippen LogP contribution in [0.1, 0.15) is 45.4 Å². The molecular weight excluding hydrogens is 208 g/mol. The van der Waals surface area contributed by atoms with E-state index in [1.165, 1.54) is 44.3 Å². The first-order valence-corrected chi connectivity index (χ1v) is 7.08. The van der Waals surface area contributed by atoms with Crippen molar-refractivity contribution in [3.05, 3.63) is 18.3 Å². The molecule has 7 rings (SSSR count). The van der Waals surface area contributed by atoms with Gasteiger partial charge >= 0.3 is 0 Å². The molecule has 3 saturated carbocycles. The standard InChI is InChI=1S/C15H22N2/c1-12-14-5-8-15(9-6-14,10-7-14)17(12)13-4-3-11-16(13)2/h3-4,11-12H,5-10H2,1-2H3. The SMILES string of the molecule is CC1N(c2cccn2C)C23CCC1(CC2)CC3. The summed E-state index contributed by atoms with van der Waals surface area (Å²) in [5.41, 5.74) is 1.15. The van der Waals surface area contributed by atoms with Crippen molar-refractivity contribution >= 4 is 5.82 Å². The number of hydrogen-bond donors (Lipinski definition) is 0. The third kappa shape index (κ3) is 1.03. The molecule has 0 N–H and O–H groups in total. The number of hydrogen-bond acceptors (Lipinski definition) is 1. The largest absolute Gasteiger partial charge is 0.349 e. The van der Waals surface area contributed by atoms with Gasteiger partial charge in [-0.25, -0.2) is 0 Å². The molecule has 1 aromatic heterocycles. The van der Waals surface area contributed by atoms with Crippen molar-refractivity contribution in [3.63, 3.8) is 0 Å². The van der Waals surface area contributed by atoms with E-state index in [4.69, 9.17) is 0 Å². The van der Waals surface area contributed by atoms with E-state index in [1.54, 1.807) is 0 Å². The second-order valence-electron chi connectivity index (χ2n) is 6.61. The lowest BCUT2D eigenvalue weighted by molar-refractivity contribution is -0.0456. The second kappa shape index (κ2) is 2.90. The fraction of sp³-hybridized carbons (Fsp3) is 0.733. The maximum atomic E-state index is 2.78. The van der Waals surface area contributed by atoms with Gasteiger partial charge in [-0.1, -0.05) is 0 Å². The third-order valence-electron chi connectivity index (χ3n) is 6.21. The quantitative estimate of drug-likeness (QED) is 0.718. The van der Waals surface area contributed by atoms with E-state index in [0.717, 1.165) is 6.04 Å². The number of aryl methyl sites for hydroxylation is 1. The molecule has 3 aliphatic heterocycles. The molecule has 0 spiro atoms. The Morgan fingerprint density at radius 2 is 1.76 bits per heavy atom. The van der Waals surface area contributed by atoms with Crippen molar-refractivity contribution < 1.29 is 0 Å². The molecule has 2 nitrogen and oxygen atoms in total. The van der Waals surface area contributed by atoms with E-state index < -0.39 is 0 Å². The monoisotopic (exact) mass is 230 g/mol. The predicted molar refractivity (Wildman–Crippen MR) is 70.2 cm³/mol. The Hall–Kier alpha value is -0.920. The van der Waals surface area contributed by atoms with Crippen LogP contribution in [0.2, 0.25) is 0 Å². The van der Waals surface area contributed by atoms with Crippen molar-refractivity contribution in [3.8, 4) is 0 Å². The summed E-state index contributed by atoms with van der Waals surface area (Å²) >= 11 is 0. The molecule has 1 atom stereocenters. The van der Waals surface area contributed by atoms with Crippen LogP contribution in [-0.2, 0) is 7.05 Å². The average molecular weight is 230 g/mol. The fourth-order valence-corrected chi connectivity index (χ4v) is 5.01. The molecule has 1 aromatic rings. The van der Waals surface area contributed by atoms with Crippen molar-refractivity contribution in [2.45, 2.75) is 57.0 Å². The van der Waals surface area contributed by atoms with Gasteiger partial charge in [0.2, 0.25) is 0 Å². The van der Waals surface area contributed by atoms with Crippen molar-refractivity contribution in [2.75, 3.05) is 4.90 Å². The summed E-state index contributed by atoms with van der Waals surface area (Å²) in [5.74, 6) is 1.45. The molecule has 2 heteroatoms. The highest BCUT2D eigenvalue weighted by Crippen LogP contribution is 2.64. The molecule has 4 heterocycles. The molecule has 3 saturated heterocycles. The maximum Gasteiger partial charge on any atom is 0.108 e. The first kappa shape index (κ1) is 10.0. The zero-order chi connectivity index (χ0) is 11.7. The van der Waals surface area contributed by atoms with Gasteiger partial charge in [0.1, 0.15) is 5.82 Å². The van der Waals surface area contributed by atoms with Gasteiger partial charge in [-0.15, -0.1) is 0 Å². The molecule has 6 fully saturated rings. The molecule has 3 aliphatic carbocycles. The number of nitrogens with zero attached hydrogens (tertiary/aromatic N) is 2. The minimum Gasteiger partial charge on any atom is -0.349 e. The van der Waals surface area contributed by atoms with Crippen LogP contribution in [0.25, 0.3) is 0 Å². The molecule has 2 bridgehead atoms. The van der Waals surface area contributed by atoms with Gasteiger partial charge in [0.15, 0.2) is 0 Å². The zero-order valence-corrected chi connectivity index (χ0v) is 10.9. The van der Waals surface area contributed by atoms with E-state index in [1.807, 2.05) is 0 Å². The molecule has 0 aromatic carbocycles. The van der Waals surface area contributed by atoms with Crippen LogP contribution in [0.15, 0.2) is 18.3 Å². The predicted octanol–water partition coefficient (Wildman–Crippen LogP) is 3.33. The lowest BCUT2D eigenvalue weighted by Crippen LogP contribution is -2.71. The lowest BCUT2D eigenvalue weighted by atomic mass is 9.49. The molecule has 6 aliphatic rings. The first-order chi connectivity index (χ1) is 8.17. The van der Waals surface area contributed by atoms with Crippen molar-refractivity contribution in [1.82, 2.24) is 4.57 Å². The number of piperidine rings is 3. The molecule has 0 amide bonds. The molecular formula is C15H22N2. The topological polar surface area (TPSA) is 8.17 Å². The first-order valence-electron chi connectivity index (χ1n) is 7.08. The average Bonchev–Trinajstić information content (AvgIpc) is 2.77. The minimum atomic E-state index is 0.505. The Morgan fingerprint density at radius 1 is 1.12 bits per heavy atom. The van der Waals surface area contributed by atoms with Crippen LogP contribution in [0.4, 0.5) is 5.82 Å². The van der Waals surface area contributed by atoms with Crippen molar-refractivity contribution in [1.29, 1.82) is 0 Å². The lowest BCUT2D eigenvalue weighted by Gasteiger charge is -2.70. The van der Waals surface area contributed by atoms with Crippen molar-refractivity contribution in [2.24, 2.45) is 12.5 Å². The number of rotatable bonds is 1. The van der Waals surface area contributed by atoms with E-state index in [2.05, 4.69) is 41.8 Å². The zero-order valence-electron chi connectivity index (χ0n) is 10.9. The highest BCUT2D eigenvalue weighted by Gasteiger charge is 2.62. The molecule has 92 valence electrons. The summed E-state index contributed by atoms with van der Waals surface area (Å²) in [6, 6.07) is 5.23. The Labute approximate surface area is 104 Å².